The van der Waals surface area contributed by atoms with Crippen LogP contribution in [0, 0.1) is 6.92 Å². The van der Waals surface area contributed by atoms with Crippen LogP contribution in [0.5, 0.6) is 5.75 Å². The zero-order valence-electron chi connectivity index (χ0n) is 7.42. The fourth-order valence-electron chi connectivity index (χ4n) is 0.866. The number of aryl methyl sites for hydroxylation is 1. The summed E-state index contributed by atoms with van der Waals surface area (Å²) >= 11 is 5.39. The second-order valence-corrected chi connectivity index (χ2v) is 3.10. The summed E-state index contributed by atoms with van der Waals surface area (Å²) in [5.41, 5.74) is 1.14. The van der Waals surface area contributed by atoms with E-state index >= 15 is 0 Å². The van der Waals surface area contributed by atoms with Crippen molar-refractivity contribution in [3.05, 3.63) is 29.8 Å². The fraction of sp³-hybridized carbons (Fsp3) is 0.300. The number of esters is 1. The summed E-state index contributed by atoms with van der Waals surface area (Å²) in [6.45, 7) is 1.98. The molecule has 70 valence electrons. The van der Waals surface area contributed by atoms with E-state index in [1.807, 2.05) is 19.1 Å². The Labute approximate surface area is 82.5 Å². The number of benzene rings is 1. The van der Waals surface area contributed by atoms with Crippen molar-refractivity contribution < 1.29 is 9.53 Å². The molecule has 3 heteroatoms. The molecule has 0 aromatic heterocycles. The predicted molar refractivity (Wildman–Crippen MR) is 52.2 cm³/mol. The molecule has 0 bridgehead atoms. The topological polar surface area (TPSA) is 26.3 Å². The van der Waals surface area contributed by atoms with Gasteiger partial charge < -0.3 is 4.74 Å². The van der Waals surface area contributed by atoms with E-state index in [0.717, 1.165) is 5.56 Å². The number of hydrogen-bond donors (Lipinski definition) is 0. The zero-order valence-corrected chi connectivity index (χ0v) is 8.17. The van der Waals surface area contributed by atoms with Crippen LogP contribution in [0.4, 0.5) is 0 Å². The second-order valence-electron chi connectivity index (χ2n) is 2.73. The standard InChI is InChI=1S/C10H11ClO2/c1-8-2-4-9(5-3-8)13-10(12)6-7-11/h2-5H,6-7H2,1H3. The van der Waals surface area contributed by atoms with Crippen LogP contribution >= 0.6 is 11.6 Å². The predicted octanol–water partition coefficient (Wildman–Crippen LogP) is 2.53. The van der Waals surface area contributed by atoms with Gasteiger partial charge in [-0.25, -0.2) is 0 Å². The largest absolute Gasteiger partial charge is 0.426 e. The minimum atomic E-state index is -0.293. The zero-order chi connectivity index (χ0) is 9.68. The van der Waals surface area contributed by atoms with Crippen LogP contribution in [0.1, 0.15) is 12.0 Å². The number of carbonyl (C=O) groups excluding carboxylic acids is 1. The summed E-state index contributed by atoms with van der Waals surface area (Å²) in [5.74, 6) is 0.574. The third kappa shape index (κ3) is 3.47. The fourth-order valence-corrected chi connectivity index (χ4v) is 1.02. The van der Waals surface area contributed by atoms with Gasteiger partial charge in [-0.1, -0.05) is 17.7 Å². The van der Waals surface area contributed by atoms with Crippen molar-refractivity contribution in [1.29, 1.82) is 0 Å². The van der Waals surface area contributed by atoms with E-state index in [1.54, 1.807) is 12.1 Å². The molecule has 0 unspecified atom stereocenters. The maximum atomic E-state index is 11.0. The van der Waals surface area contributed by atoms with E-state index in [0.29, 0.717) is 11.6 Å². The Balaban J connectivity index is 2.54. The molecule has 1 aromatic carbocycles. The van der Waals surface area contributed by atoms with Crippen LogP contribution < -0.4 is 4.74 Å². The molecule has 2 nitrogen and oxygen atoms in total. The number of alkyl halides is 1. The average molecular weight is 199 g/mol. The van der Waals surface area contributed by atoms with Crippen molar-refractivity contribution >= 4 is 17.6 Å². The maximum absolute atomic E-state index is 11.0. The first-order chi connectivity index (χ1) is 6.22. The molecule has 0 aliphatic rings. The molecule has 1 rings (SSSR count). The molecule has 0 aliphatic carbocycles. The van der Waals surface area contributed by atoms with Crippen LogP contribution in [0.15, 0.2) is 24.3 Å². The smallest absolute Gasteiger partial charge is 0.312 e. The Kier molecular flexibility index (Phi) is 3.77. The lowest BCUT2D eigenvalue weighted by atomic mass is 10.2. The number of halogens is 1. The van der Waals surface area contributed by atoms with Crippen molar-refractivity contribution in [2.45, 2.75) is 13.3 Å². The van der Waals surface area contributed by atoms with E-state index in [9.17, 15) is 4.79 Å². The lowest BCUT2D eigenvalue weighted by molar-refractivity contribution is -0.133. The van der Waals surface area contributed by atoms with Crippen molar-refractivity contribution in [2.24, 2.45) is 0 Å². The van der Waals surface area contributed by atoms with E-state index in [2.05, 4.69) is 0 Å². The molecule has 0 saturated heterocycles. The minimum Gasteiger partial charge on any atom is -0.426 e. The summed E-state index contributed by atoms with van der Waals surface area (Å²) in [6, 6.07) is 7.32. The quantitative estimate of drug-likeness (QED) is 0.424. The number of hydrogen-bond acceptors (Lipinski definition) is 2. The Morgan fingerprint density at radius 3 is 2.54 bits per heavy atom. The van der Waals surface area contributed by atoms with Crippen LogP contribution in [-0.2, 0) is 4.79 Å². The van der Waals surface area contributed by atoms with Gasteiger partial charge in [-0.05, 0) is 19.1 Å². The molecule has 0 fully saturated rings. The molecular weight excluding hydrogens is 188 g/mol. The molecule has 0 aliphatic heterocycles. The first-order valence-electron chi connectivity index (χ1n) is 4.05. The van der Waals surface area contributed by atoms with Gasteiger partial charge in [-0.3, -0.25) is 4.79 Å². The minimum absolute atomic E-state index is 0.245. The molecule has 1 aromatic rings. The Morgan fingerprint density at radius 1 is 1.38 bits per heavy atom. The third-order valence-corrected chi connectivity index (χ3v) is 1.74. The first-order valence-corrected chi connectivity index (χ1v) is 4.59. The van der Waals surface area contributed by atoms with Gasteiger partial charge in [0.05, 0.1) is 6.42 Å². The van der Waals surface area contributed by atoms with E-state index < -0.39 is 0 Å². The highest BCUT2D eigenvalue weighted by Gasteiger charge is 2.02. The van der Waals surface area contributed by atoms with Gasteiger partial charge in [-0.15, -0.1) is 11.6 Å². The summed E-state index contributed by atoms with van der Waals surface area (Å²) in [7, 11) is 0. The van der Waals surface area contributed by atoms with Gasteiger partial charge in [0.15, 0.2) is 0 Å². The molecule has 0 spiro atoms. The van der Waals surface area contributed by atoms with Crippen molar-refractivity contribution in [3.63, 3.8) is 0 Å². The third-order valence-electron chi connectivity index (χ3n) is 1.55. The monoisotopic (exact) mass is 198 g/mol. The highest BCUT2D eigenvalue weighted by atomic mass is 35.5. The molecular formula is C10H11ClO2. The van der Waals surface area contributed by atoms with Gasteiger partial charge >= 0.3 is 5.97 Å². The molecule has 13 heavy (non-hydrogen) atoms. The van der Waals surface area contributed by atoms with E-state index in [-0.39, 0.29) is 12.4 Å². The lowest BCUT2D eigenvalue weighted by Gasteiger charge is -2.02. The van der Waals surface area contributed by atoms with Crippen molar-refractivity contribution in [2.75, 3.05) is 5.88 Å². The van der Waals surface area contributed by atoms with Crippen molar-refractivity contribution in [1.82, 2.24) is 0 Å². The number of ether oxygens (including phenoxy) is 1. The number of carbonyl (C=O) groups is 1. The van der Waals surface area contributed by atoms with Gasteiger partial charge in [0.2, 0.25) is 0 Å². The molecule has 0 saturated carbocycles. The van der Waals surface area contributed by atoms with Crippen LogP contribution in [0.25, 0.3) is 0 Å². The molecule has 0 atom stereocenters. The van der Waals surface area contributed by atoms with Gasteiger partial charge in [0, 0.05) is 5.88 Å². The normalized spacial score (nSPS) is 9.69. The first kappa shape index (κ1) is 10.1. The Morgan fingerprint density at radius 2 is 2.00 bits per heavy atom. The van der Waals surface area contributed by atoms with Crippen LogP contribution in [-0.4, -0.2) is 11.8 Å². The SMILES string of the molecule is Cc1ccc(OC(=O)CCCl)cc1. The summed E-state index contributed by atoms with van der Waals surface area (Å²) in [4.78, 5) is 11.0. The van der Waals surface area contributed by atoms with Crippen LogP contribution in [0.3, 0.4) is 0 Å². The number of rotatable bonds is 3. The second kappa shape index (κ2) is 4.87. The molecule has 0 radical (unpaired) electrons. The van der Waals surface area contributed by atoms with Crippen molar-refractivity contribution in [3.8, 4) is 5.75 Å². The van der Waals surface area contributed by atoms with E-state index in [1.165, 1.54) is 0 Å². The maximum Gasteiger partial charge on any atom is 0.312 e. The highest BCUT2D eigenvalue weighted by Crippen LogP contribution is 2.11. The van der Waals surface area contributed by atoms with Crippen LogP contribution in [0.2, 0.25) is 0 Å². The molecule has 0 N–H and O–H groups in total. The highest BCUT2D eigenvalue weighted by molar-refractivity contribution is 6.18. The summed E-state index contributed by atoms with van der Waals surface area (Å²) in [5, 5.41) is 0. The summed E-state index contributed by atoms with van der Waals surface area (Å²) < 4.78 is 4.99. The van der Waals surface area contributed by atoms with Gasteiger partial charge in [0.1, 0.15) is 5.75 Å². The van der Waals surface area contributed by atoms with Gasteiger partial charge in [-0.2, -0.15) is 0 Å². The average Bonchev–Trinajstić information content (AvgIpc) is 2.09. The Bertz CT molecular complexity index is 279. The van der Waals surface area contributed by atoms with E-state index in [4.69, 9.17) is 16.3 Å². The summed E-state index contributed by atoms with van der Waals surface area (Å²) in [6.07, 6.45) is 0.245. The Hall–Kier alpha value is -1.02. The molecule has 0 amide bonds. The van der Waals surface area contributed by atoms with Gasteiger partial charge in [0.25, 0.3) is 0 Å². The molecule has 0 heterocycles. The lowest BCUT2D eigenvalue weighted by Crippen LogP contribution is -2.07.